The molecule has 1 aromatic heterocycles. The summed E-state index contributed by atoms with van der Waals surface area (Å²) in [5, 5.41) is 50.9. The van der Waals surface area contributed by atoms with Gasteiger partial charge in [0.1, 0.15) is 35.4 Å². The second-order valence-corrected chi connectivity index (χ2v) is 20.8. The number of allylic oxidation sites excluding steroid dienone is 10. The van der Waals surface area contributed by atoms with E-state index in [2.05, 4.69) is 220 Å². The summed E-state index contributed by atoms with van der Waals surface area (Å²) in [4.78, 5) is 0. The Hall–Kier alpha value is -9.00. The van der Waals surface area contributed by atoms with Crippen LogP contribution < -0.4 is 0 Å². The maximum absolute atomic E-state index is 9.82. The fraction of sp³-hybridized carbons (Fsp3) is 0.152. The van der Waals surface area contributed by atoms with Gasteiger partial charge in [-0.25, -0.2) is 0 Å². The molecule has 0 bridgehead atoms. The minimum Gasteiger partial charge on any atom is -0.308 e. The normalized spacial score (nSPS) is 15.5. The maximum atomic E-state index is 9.82. The molecule has 0 N–H and O–H groups in total. The van der Waals surface area contributed by atoms with Crippen LogP contribution in [0.15, 0.2) is 197 Å². The van der Waals surface area contributed by atoms with Crippen molar-refractivity contribution in [2.45, 2.75) is 53.4 Å². The van der Waals surface area contributed by atoms with Gasteiger partial charge < -0.3 is 4.57 Å². The first-order valence-corrected chi connectivity index (χ1v) is 24.2. The summed E-state index contributed by atoms with van der Waals surface area (Å²) in [5.41, 5.74) is 11.7. The number of hydrogen-bond acceptors (Lipinski definition) is 4. The average molecular weight is 912 g/mol. The summed E-state index contributed by atoms with van der Waals surface area (Å²) in [6.45, 7) is 8.78. The van der Waals surface area contributed by atoms with E-state index in [1.807, 2.05) is 12.2 Å². The lowest BCUT2D eigenvalue weighted by Gasteiger charge is -2.30. The molecule has 9 aromatic rings. The topological polar surface area (TPSA) is 100 Å². The van der Waals surface area contributed by atoms with Gasteiger partial charge in [0.15, 0.2) is 0 Å². The number of nitrogens with zero attached hydrogens (tertiary/aromatic N) is 5. The van der Waals surface area contributed by atoms with Gasteiger partial charge in [-0.2, -0.15) is 21.0 Å². The van der Waals surface area contributed by atoms with Crippen LogP contribution >= 0.6 is 0 Å². The van der Waals surface area contributed by atoms with Crippen molar-refractivity contribution in [3.8, 4) is 41.1 Å². The Kier molecular flexibility index (Phi) is 11.0. The van der Waals surface area contributed by atoms with Crippen LogP contribution in [0.5, 0.6) is 0 Å². The van der Waals surface area contributed by atoms with E-state index in [9.17, 15) is 21.0 Å². The Labute approximate surface area is 414 Å². The van der Waals surface area contributed by atoms with Crippen molar-refractivity contribution in [1.29, 1.82) is 21.0 Å². The zero-order chi connectivity index (χ0) is 49.0. The summed E-state index contributed by atoms with van der Waals surface area (Å²) in [6.07, 6.45) is 15.8. The highest BCUT2D eigenvalue weighted by atomic mass is 15.0. The lowest BCUT2D eigenvalue weighted by Crippen LogP contribution is -2.17. The van der Waals surface area contributed by atoms with E-state index in [1.165, 1.54) is 27.1 Å². The number of hydrogen-bond donors (Lipinski definition) is 0. The molecule has 5 nitrogen and oxygen atoms in total. The first kappa shape index (κ1) is 44.5. The minimum atomic E-state index is -0.113. The molecular weight excluding hydrogens is 863 g/mol. The van der Waals surface area contributed by atoms with Crippen molar-refractivity contribution < 1.29 is 0 Å². The smallest absolute Gasteiger partial charge is 0.132 e. The lowest BCUT2D eigenvalue weighted by molar-refractivity contribution is 0.354. The summed E-state index contributed by atoms with van der Waals surface area (Å²) >= 11 is 0. The second kappa shape index (κ2) is 17.5. The molecule has 0 unspecified atom stereocenters. The van der Waals surface area contributed by atoms with Crippen molar-refractivity contribution in [1.82, 2.24) is 4.57 Å². The number of nitriles is 4. The van der Waals surface area contributed by atoms with E-state index in [1.54, 1.807) is 0 Å². The van der Waals surface area contributed by atoms with Crippen LogP contribution in [-0.2, 0) is 0 Å². The van der Waals surface area contributed by atoms with Crippen molar-refractivity contribution >= 4 is 77.0 Å². The zero-order valence-corrected chi connectivity index (χ0v) is 40.3. The number of fused-ring (bicyclic) bond motifs is 9. The molecule has 2 aliphatic rings. The Morgan fingerprint density at radius 1 is 0.437 bits per heavy atom. The van der Waals surface area contributed by atoms with Crippen molar-refractivity contribution in [3.63, 3.8) is 0 Å². The van der Waals surface area contributed by atoms with Crippen LogP contribution in [0.3, 0.4) is 0 Å². The SMILES string of the molecule is CC1(C)CC(/C=C/c2cc3c4cc(/C=C/C5=CC(=C(C#N)C#N)CC(C)(C)C5)c5ccccc5c4n(-c4ccc(-c5c6ccccc6cc6ccccc56)cc4)c3c3ccccc23)=CC(=C(C#N)C#N)C1. The Bertz CT molecular complexity index is 3860. The molecule has 1 heterocycles. The number of aromatic nitrogens is 1. The highest BCUT2D eigenvalue weighted by Gasteiger charge is 2.28. The third-order valence-electron chi connectivity index (χ3n) is 14.5. The van der Waals surface area contributed by atoms with E-state index in [0.29, 0.717) is 12.8 Å². The van der Waals surface area contributed by atoms with E-state index < -0.39 is 0 Å². The molecule has 5 heteroatoms. The van der Waals surface area contributed by atoms with Crippen LogP contribution in [0, 0.1) is 56.2 Å². The van der Waals surface area contributed by atoms with E-state index in [4.69, 9.17) is 0 Å². The highest BCUT2D eigenvalue weighted by Crippen LogP contribution is 2.46. The summed E-state index contributed by atoms with van der Waals surface area (Å²) in [7, 11) is 0. The summed E-state index contributed by atoms with van der Waals surface area (Å²) < 4.78 is 2.46. The van der Waals surface area contributed by atoms with Gasteiger partial charge in [-0.05, 0) is 144 Å². The molecule has 0 atom stereocenters. The molecule has 0 saturated heterocycles. The molecule has 8 aromatic carbocycles. The van der Waals surface area contributed by atoms with Crippen molar-refractivity contribution in [3.05, 3.63) is 208 Å². The fourth-order valence-electron chi connectivity index (χ4n) is 11.6. The second-order valence-electron chi connectivity index (χ2n) is 20.8. The zero-order valence-electron chi connectivity index (χ0n) is 40.3. The van der Waals surface area contributed by atoms with Gasteiger partial charge >= 0.3 is 0 Å². The molecule has 0 aliphatic heterocycles. The predicted octanol–water partition coefficient (Wildman–Crippen LogP) is 17.3. The highest BCUT2D eigenvalue weighted by molar-refractivity contribution is 6.26. The van der Waals surface area contributed by atoms with Gasteiger partial charge in [0, 0.05) is 27.2 Å². The predicted molar refractivity (Wildman–Crippen MR) is 293 cm³/mol. The molecule has 0 fully saturated rings. The molecule has 0 saturated carbocycles. The molecular formula is C66H49N5. The molecule has 11 rings (SSSR count). The Morgan fingerprint density at radius 3 is 1.25 bits per heavy atom. The first-order valence-electron chi connectivity index (χ1n) is 24.2. The van der Waals surface area contributed by atoms with E-state index in [0.717, 1.165) is 101 Å². The molecule has 2 aliphatic carbocycles. The van der Waals surface area contributed by atoms with Gasteiger partial charge in [0.2, 0.25) is 0 Å². The molecule has 71 heavy (non-hydrogen) atoms. The van der Waals surface area contributed by atoms with Gasteiger partial charge in [0.25, 0.3) is 0 Å². The maximum Gasteiger partial charge on any atom is 0.132 e. The standard InChI is InChI=1S/C66H49N5/c1-65(2)34-42(29-49(36-65)51(38-67)39-68)21-23-47-32-60-61-33-48(24-22-43-30-50(52(40-69)41-70)37-66(3,4)35-43)55-16-10-12-20-59(55)64(61)71(63(60)58-19-11-9-15-54(47)58)53-27-25-44(26-28-53)62-56-17-7-5-13-45(56)31-46-14-6-8-18-57(46)62/h5-33H,34-37H2,1-4H3/b23-21+,24-22+. The van der Waals surface area contributed by atoms with Gasteiger partial charge in [-0.15, -0.1) is 0 Å². The van der Waals surface area contributed by atoms with E-state index >= 15 is 0 Å². The fourth-order valence-corrected chi connectivity index (χ4v) is 11.6. The third kappa shape index (κ3) is 7.99. The van der Waals surface area contributed by atoms with Crippen LogP contribution in [0.1, 0.15) is 64.5 Å². The van der Waals surface area contributed by atoms with Crippen LogP contribution in [-0.4, -0.2) is 4.57 Å². The Balaban J connectivity index is 1.17. The largest absolute Gasteiger partial charge is 0.308 e. The summed E-state index contributed by atoms with van der Waals surface area (Å²) in [5.74, 6) is 0. The number of rotatable bonds is 6. The quantitative estimate of drug-likeness (QED) is 0.122. The average Bonchev–Trinajstić information content (AvgIpc) is 3.70. The van der Waals surface area contributed by atoms with Crippen molar-refractivity contribution in [2.24, 2.45) is 10.8 Å². The van der Waals surface area contributed by atoms with Crippen LogP contribution in [0.4, 0.5) is 0 Å². The molecule has 0 spiro atoms. The molecule has 338 valence electrons. The van der Waals surface area contributed by atoms with Crippen molar-refractivity contribution in [2.75, 3.05) is 0 Å². The Morgan fingerprint density at radius 2 is 0.831 bits per heavy atom. The molecule has 0 amide bonds. The first-order chi connectivity index (χ1) is 34.5. The third-order valence-corrected chi connectivity index (χ3v) is 14.5. The summed E-state index contributed by atoms with van der Waals surface area (Å²) in [6, 6.07) is 59.2. The van der Waals surface area contributed by atoms with Gasteiger partial charge in [-0.3, -0.25) is 0 Å². The van der Waals surface area contributed by atoms with Gasteiger partial charge in [0.05, 0.1) is 11.0 Å². The number of benzene rings is 8. The van der Waals surface area contributed by atoms with Crippen LogP contribution in [0.25, 0.3) is 93.9 Å². The van der Waals surface area contributed by atoms with Crippen LogP contribution in [0.2, 0.25) is 0 Å². The van der Waals surface area contributed by atoms with E-state index in [-0.39, 0.29) is 22.0 Å². The monoisotopic (exact) mass is 911 g/mol. The molecule has 0 radical (unpaired) electrons. The minimum absolute atomic E-state index is 0.113. The lowest BCUT2D eigenvalue weighted by atomic mass is 9.74. The van der Waals surface area contributed by atoms with Gasteiger partial charge in [-0.1, -0.05) is 173 Å².